The van der Waals surface area contributed by atoms with E-state index in [0.717, 1.165) is 46.7 Å². The Morgan fingerprint density at radius 2 is 1.86 bits per heavy atom. The molecule has 144 valence electrons. The van der Waals surface area contributed by atoms with Gasteiger partial charge in [-0.05, 0) is 51.3 Å². The van der Waals surface area contributed by atoms with Crippen LogP contribution in [0.3, 0.4) is 0 Å². The van der Waals surface area contributed by atoms with E-state index in [1.165, 1.54) is 15.3 Å². The number of hydrogen-bond donors (Lipinski definition) is 0. The molecule has 0 unspecified atom stereocenters. The third-order valence-electron chi connectivity index (χ3n) is 5.24. The highest BCUT2D eigenvalue weighted by Crippen LogP contribution is 2.38. The maximum absolute atomic E-state index is 5.03. The highest BCUT2D eigenvalue weighted by Gasteiger charge is 2.20. The van der Waals surface area contributed by atoms with Gasteiger partial charge in [0, 0.05) is 22.8 Å². The molecule has 0 radical (unpaired) electrons. The molecule has 4 heterocycles. The van der Waals surface area contributed by atoms with Crippen LogP contribution >= 0.6 is 11.3 Å². The lowest BCUT2D eigenvalue weighted by atomic mass is 10.1. The quantitative estimate of drug-likeness (QED) is 0.425. The fourth-order valence-corrected chi connectivity index (χ4v) is 4.84. The van der Waals surface area contributed by atoms with E-state index in [2.05, 4.69) is 42.6 Å². The molecular weight excluding hydrogens is 366 g/mol. The van der Waals surface area contributed by atoms with Crippen LogP contribution in [0, 0.1) is 20.8 Å². The van der Waals surface area contributed by atoms with E-state index in [1.54, 1.807) is 17.5 Å². The second kappa shape index (κ2) is 7.43. The van der Waals surface area contributed by atoms with Crippen molar-refractivity contribution in [3.05, 3.63) is 47.5 Å². The van der Waals surface area contributed by atoms with Gasteiger partial charge in [-0.3, -0.25) is 4.98 Å². The molecular formula is C22H25N5S. The summed E-state index contributed by atoms with van der Waals surface area (Å²) in [4.78, 5) is 16.6. The summed E-state index contributed by atoms with van der Waals surface area (Å²) in [5.74, 6) is 0. The summed E-state index contributed by atoms with van der Waals surface area (Å²) in [7, 11) is 0. The summed E-state index contributed by atoms with van der Waals surface area (Å²) >= 11 is 1.75. The summed E-state index contributed by atoms with van der Waals surface area (Å²) < 4.78 is 2.07. The Morgan fingerprint density at radius 3 is 2.54 bits per heavy atom. The van der Waals surface area contributed by atoms with E-state index in [9.17, 15) is 0 Å². The molecule has 4 aromatic rings. The molecule has 6 heteroatoms. The lowest BCUT2D eigenvalue weighted by molar-refractivity contribution is 0.436. The molecule has 0 aliphatic heterocycles. The van der Waals surface area contributed by atoms with Crippen molar-refractivity contribution in [2.45, 2.75) is 53.5 Å². The van der Waals surface area contributed by atoms with Gasteiger partial charge in [0.25, 0.3) is 0 Å². The predicted octanol–water partition coefficient (Wildman–Crippen LogP) is 5.90. The minimum atomic E-state index is 0.358. The largest absolute Gasteiger partial charge is 0.264 e. The topological polar surface area (TPSA) is 56.5 Å². The predicted molar refractivity (Wildman–Crippen MR) is 116 cm³/mol. The molecule has 0 N–H and O–H groups in total. The van der Waals surface area contributed by atoms with Gasteiger partial charge in [0.15, 0.2) is 5.65 Å². The maximum atomic E-state index is 5.03. The fourth-order valence-electron chi connectivity index (χ4n) is 3.64. The zero-order valence-electron chi connectivity index (χ0n) is 17.0. The smallest absolute Gasteiger partial charge is 0.177 e. The number of fused-ring (bicyclic) bond motifs is 1. The van der Waals surface area contributed by atoms with Gasteiger partial charge in [0.1, 0.15) is 11.2 Å². The van der Waals surface area contributed by atoms with Crippen LogP contribution in [0.1, 0.15) is 49.7 Å². The number of aromatic nitrogens is 5. The third-order valence-corrected chi connectivity index (χ3v) is 6.53. The van der Waals surface area contributed by atoms with E-state index in [0.29, 0.717) is 6.04 Å². The average Bonchev–Trinajstić information content (AvgIpc) is 3.23. The molecule has 0 saturated carbocycles. The summed E-state index contributed by atoms with van der Waals surface area (Å²) in [6, 6.07) is 6.63. The van der Waals surface area contributed by atoms with Crippen LogP contribution in [0.15, 0.2) is 30.6 Å². The molecule has 0 amide bonds. The van der Waals surface area contributed by atoms with Crippen molar-refractivity contribution >= 4 is 22.5 Å². The fraction of sp³-hybridized carbons (Fsp3) is 0.364. The van der Waals surface area contributed by atoms with Gasteiger partial charge in [-0.1, -0.05) is 19.9 Å². The maximum Gasteiger partial charge on any atom is 0.177 e. The van der Waals surface area contributed by atoms with Crippen molar-refractivity contribution in [3.8, 4) is 21.0 Å². The number of pyridine rings is 1. The summed E-state index contributed by atoms with van der Waals surface area (Å²) in [5, 5.41) is 4.77. The number of rotatable bonds is 5. The van der Waals surface area contributed by atoms with Crippen LogP contribution in [0.4, 0.5) is 0 Å². The molecule has 5 nitrogen and oxygen atoms in total. The van der Waals surface area contributed by atoms with Crippen molar-refractivity contribution in [1.82, 2.24) is 24.7 Å². The highest BCUT2D eigenvalue weighted by molar-refractivity contribution is 7.19. The van der Waals surface area contributed by atoms with Crippen molar-refractivity contribution in [2.24, 2.45) is 0 Å². The Kier molecular flexibility index (Phi) is 4.98. The van der Waals surface area contributed by atoms with Crippen LogP contribution in [0.5, 0.6) is 0 Å². The van der Waals surface area contributed by atoms with E-state index < -0.39 is 0 Å². The zero-order chi connectivity index (χ0) is 19.8. The standard InChI is InChI=1S/C22H25N5S/c1-6-17(7-2)27-22-20(15(5)26-27)25-19(14(4)24-22)21-13(3)11-18(28-21)16-9-8-10-23-12-16/h8-12,17H,6-7H2,1-5H3. The molecule has 0 atom stereocenters. The normalized spacial score (nSPS) is 11.6. The van der Waals surface area contributed by atoms with Gasteiger partial charge in [-0.15, -0.1) is 11.3 Å². The number of thiophene rings is 1. The minimum absolute atomic E-state index is 0.358. The van der Waals surface area contributed by atoms with Gasteiger partial charge in [0.2, 0.25) is 0 Å². The first-order valence-electron chi connectivity index (χ1n) is 9.78. The van der Waals surface area contributed by atoms with Crippen LogP contribution in [0.2, 0.25) is 0 Å². The molecule has 4 aromatic heterocycles. The summed E-state index contributed by atoms with van der Waals surface area (Å²) in [6.07, 6.45) is 5.77. The molecule has 28 heavy (non-hydrogen) atoms. The van der Waals surface area contributed by atoms with E-state index >= 15 is 0 Å². The monoisotopic (exact) mass is 391 g/mol. The summed E-state index contributed by atoms with van der Waals surface area (Å²) in [5.41, 5.74) is 6.99. The van der Waals surface area contributed by atoms with Gasteiger partial charge in [-0.2, -0.15) is 5.10 Å². The molecule has 0 aliphatic carbocycles. The van der Waals surface area contributed by atoms with Crippen LogP contribution in [0.25, 0.3) is 32.2 Å². The SMILES string of the molecule is CCC(CC)n1nc(C)c2nc(-c3sc(-c4cccnc4)cc3C)c(C)nc21. The van der Waals surface area contributed by atoms with E-state index in [4.69, 9.17) is 15.1 Å². The second-order valence-corrected chi connectivity index (χ2v) is 8.25. The third kappa shape index (κ3) is 3.11. The van der Waals surface area contributed by atoms with Gasteiger partial charge in [0.05, 0.1) is 22.3 Å². The second-order valence-electron chi connectivity index (χ2n) is 7.19. The van der Waals surface area contributed by atoms with E-state index in [-0.39, 0.29) is 0 Å². The lowest BCUT2D eigenvalue weighted by Gasteiger charge is -2.14. The van der Waals surface area contributed by atoms with Gasteiger partial charge < -0.3 is 0 Å². The zero-order valence-corrected chi connectivity index (χ0v) is 17.8. The highest BCUT2D eigenvalue weighted by atomic mass is 32.1. The molecule has 0 aliphatic rings. The van der Waals surface area contributed by atoms with Crippen LogP contribution < -0.4 is 0 Å². The Bertz CT molecular complexity index is 1120. The Labute approximate surface area is 169 Å². The molecule has 0 saturated heterocycles. The lowest BCUT2D eigenvalue weighted by Crippen LogP contribution is -2.10. The first-order valence-corrected chi connectivity index (χ1v) is 10.6. The van der Waals surface area contributed by atoms with Gasteiger partial charge >= 0.3 is 0 Å². The first kappa shape index (κ1) is 18.7. The summed E-state index contributed by atoms with van der Waals surface area (Å²) in [6.45, 7) is 10.6. The Morgan fingerprint density at radius 1 is 1.07 bits per heavy atom. The van der Waals surface area contributed by atoms with E-state index in [1.807, 2.05) is 26.1 Å². The molecule has 0 aromatic carbocycles. The number of hydrogen-bond acceptors (Lipinski definition) is 5. The molecule has 4 rings (SSSR count). The Hall–Kier alpha value is -2.60. The van der Waals surface area contributed by atoms with Crippen molar-refractivity contribution in [2.75, 3.05) is 0 Å². The minimum Gasteiger partial charge on any atom is -0.264 e. The first-order chi connectivity index (χ1) is 13.5. The van der Waals surface area contributed by atoms with Crippen LogP contribution in [-0.4, -0.2) is 24.7 Å². The van der Waals surface area contributed by atoms with Crippen molar-refractivity contribution in [1.29, 1.82) is 0 Å². The number of nitrogens with zero attached hydrogens (tertiary/aromatic N) is 5. The van der Waals surface area contributed by atoms with Crippen LogP contribution in [-0.2, 0) is 0 Å². The average molecular weight is 392 g/mol. The molecule has 0 bridgehead atoms. The van der Waals surface area contributed by atoms with Crippen molar-refractivity contribution in [3.63, 3.8) is 0 Å². The molecule has 0 spiro atoms. The van der Waals surface area contributed by atoms with Gasteiger partial charge in [-0.25, -0.2) is 14.6 Å². The molecule has 0 fully saturated rings. The number of aryl methyl sites for hydroxylation is 3. The Balaban J connectivity index is 1.86. The van der Waals surface area contributed by atoms with Crippen molar-refractivity contribution < 1.29 is 0 Å².